The molecule has 1 atom stereocenters. The van der Waals surface area contributed by atoms with Gasteiger partial charge in [0.1, 0.15) is 6.10 Å². The largest absolute Gasteiger partial charge is 0.479 e. The summed E-state index contributed by atoms with van der Waals surface area (Å²) in [5.41, 5.74) is 0. The Balaban J connectivity index is 4.66. The Kier molecular flexibility index (Phi) is 4.74. The van der Waals surface area contributed by atoms with Crippen LogP contribution in [0.5, 0.6) is 0 Å². The van der Waals surface area contributed by atoms with E-state index in [0.717, 1.165) is 0 Å². The van der Waals surface area contributed by atoms with E-state index in [1.807, 2.05) is 13.1 Å². The van der Waals surface area contributed by atoms with Gasteiger partial charge in [0.15, 0.2) is 8.32 Å². The average Bonchev–Trinajstić information content (AvgIpc) is 2.00. The molecule has 4 heteroatoms. The van der Waals surface area contributed by atoms with Crippen molar-refractivity contribution in [2.45, 2.75) is 51.4 Å². The van der Waals surface area contributed by atoms with Gasteiger partial charge in [-0.1, -0.05) is 26.8 Å². The highest BCUT2D eigenvalue weighted by Gasteiger charge is 2.40. The average molecular weight is 230 g/mol. The molecule has 3 nitrogen and oxygen atoms in total. The quantitative estimate of drug-likeness (QED) is 0.583. The number of aliphatic carboxylic acids is 1. The summed E-state index contributed by atoms with van der Waals surface area (Å²) in [5, 5.41) is 9.01. The van der Waals surface area contributed by atoms with E-state index < -0.39 is 20.4 Å². The normalized spacial score (nSPS) is 14.7. The van der Waals surface area contributed by atoms with Gasteiger partial charge in [0.05, 0.1) is 0 Å². The van der Waals surface area contributed by atoms with E-state index >= 15 is 0 Å². The third kappa shape index (κ3) is 4.18. The summed E-state index contributed by atoms with van der Waals surface area (Å²) in [4.78, 5) is 10.9. The summed E-state index contributed by atoms with van der Waals surface area (Å²) < 4.78 is 5.77. The molecule has 0 rings (SSSR count). The summed E-state index contributed by atoms with van der Waals surface area (Å²) in [5.74, 6) is -0.903. The summed E-state index contributed by atoms with van der Waals surface area (Å²) in [6.45, 7) is 13.9. The minimum Gasteiger partial charge on any atom is -0.479 e. The fraction of sp³-hybridized carbons (Fsp3) is 0.727. The second kappa shape index (κ2) is 4.94. The molecule has 15 heavy (non-hydrogen) atoms. The number of hydrogen-bond donors (Lipinski definition) is 1. The molecule has 0 aromatic carbocycles. The molecule has 0 bridgehead atoms. The van der Waals surface area contributed by atoms with Crippen LogP contribution in [0.2, 0.25) is 18.1 Å². The highest BCUT2D eigenvalue weighted by Crippen LogP contribution is 2.37. The van der Waals surface area contributed by atoms with E-state index in [-0.39, 0.29) is 5.04 Å². The van der Waals surface area contributed by atoms with Crippen LogP contribution in [-0.2, 0) is 9.22 Å². The molecule has 1 N–H and O–H groups in total. The van der Waals surface area contributed by atoms with Gasteiger partial charge in [-0.05, 0) is 18.1 Å². The molecule has 0 fully saturated rings. The standard InChI is InChI=1S/C11H22O3Si/c1-7-8-9(10(12)13)14-15(5,6)11(2,3)4/h7,9H,1,8H2,2-6H3,(H,12,13)/t9-/m1/s1. The molecule has 0 aliphatic carbocycles. The molecule has 0 aliphatic heterocycles. The lowest BCUT2D eigenvalue weighted by atomic mass is 10.2. The van der Waals surface area contributed by atoms with Crippen LogP contribution in [0.4, 0.5) is 0 Å². The van der Waals surface area contributed by atoms with Crippen molar-refractivity contribution in [2.75, 3.05) is 0 Å². The third-order valence-electron chi connectivity index (χ3n) is 2.90. The summed E-state index contributed by atoms with van der Waals surface area (Å²) in [7, 11) is -2.00. The minimum absolute atomic E-state index is 0.0296. The smallest absolute Gasteiger partial charge is 0.331 e. The summed E-state index contributed by atoms with van der Waals surface area (Å²) >= 11 is 0. The van der Waals surface area contributed by atoms with Crippen molar-refractivity contribution in [3.8, 4) is 0 Å². The minimum atomic E-state index is -2.00. The summed E-state index contributed by atoms with van der Waals surface area (Å²) in [6, 6.07) is 0. The van der Waals surface area contributed by atoms with Gasteiger partial charge in [0.25, 0.3) is 0 Å². The Morgan fingerprint density at radius 3 is 2.27 bits per heavy atom. The lowest BCUT2D eigenvalue weighted by Gasteiger charge is -2.38. The van der Waals surface area contributed by atoms with Crippen molar-refractivity contribution in [1.82, 2.24) is 0 Å². The number of carboxylic acid groups (broad SMARTS) is 1. The fourth-order valence-corrected chi connectivity index (χ4v) is 2.15. The summed E-state index contributed by atoms with van der Waals surface area (Å²) in [6.07, 6.45) is 1.21. The van der Waals surface area contributed by atoms with Crippen LogP contribution in [0.15, 0.2) is 12.7 Å². The monoisotopic (exact) mass is 230 g/mol. The molecular formula is C11H22O3Si. The van der Waals surface area contributed by atoms with Gasteiger partial charge in [0.2, 0.25) is 0 Å². The van der Waals surface area contributed by atoms with Crippen LogP contribution in [0.1, 0.15) is 27.2 Å². The Morgan fingerprint density at radius 2 is 2.00 bits per heavy atom. The van der Waals surface area contributed by atoms with Gasteiger partial charge in [0, 0.05) is 6.42 Å². The van der Waals surface area contributed by atoms with Gasteiger partial charge in [-0.3, -0.25) is 0 Å². The third-order valence-corrected chi connectivity index (χ3v) is 7.39. The molecule has 0 unspecified atom stereocenters. The van der Waals surface area contributed by atoms with Crippen LogP contribution in [0, 0.1) is 0 Å². The molecule has 0 spiro atoms. The Labute approximate surface area is 93.3 Å². The van der Waals surface area contributed by atoms with Crippen molar-refractivity contribution in [3.63, 3.8) is 0 Å². The molecule has 0 saturated heterocycles. The molecule has 0 saturated carbocycles. The fourth-order valence-electron chi connectivity index (χ4n) is 0.883. The van der Waals surface area contributed by atoms with E-state index in [1.165, 1.54) is 0 Å². The van der Waals surface area contributed by atoms with E-state index in [4.69, 9.17) is 9.53 Å². The lowest BCUT2D eigenvalue weighted by Crippen LogP contribution is -2.45. The van der Waals surface area contributed by atoms with Gasteiger partial charge in [-0.15, -0.1) is 6.58 Å². The highest BCUT2D eigenvalue weighted by molar-refractivity contribution is 6.74. The van der Waals surface area contributed by atoms with Crippen LogP contribution in [0.3, 0.4) is 0 Å². The maximum absolute atomic E-state index is 10.9. The maximum Gasteiger partial charge on any atom is 0.331 e. The number of carbonyl (C=O) groups is 1. The van der Waals surface area contributed by atoms with Crippen LogP contribution in [-0.4, -0.2) is 25.5 Å². The zero-order valence-electron chi connectivity index (χ0n) is 10.3. The van der Waals surface area contributed by atoms with Crippen LogP contribution >= 0.6 is 0 Å². The molecule has 0 heterocycles. The predicted molar refractivity (Wildman–Crippen MR) is 64.5 cm³/mol. The second-order valence-electron chi connectivity index (χ2n) is 5.23. The van der Waals surface area contributed by atoms with E-state index in [0.29, 0.717) is 6.42 Å². The van der Waals surface area contributed by atoms with Gasteiger partial charge in [-0.25, -0.2) is 4.79 Å². The Bertz CT molecular complexity index is 241. The first kappa shape index (κ1) is 14.4. The zero-order valence-corrected chi connectivity index (χ0v) is 11.3. The number of rotatable bonds is 5. The van der Waals surface area contributed by atoms with Crippen molar-refractivity contribution in [1.29, 1.82) is 0 Å². The predicted octanol–water partition coefficient (Wildman–Crippen LogP) is 3.04. The van der Waals surface area contributed by atoms with Gasteiger partial charge < -0.3 is 9.53 Å². The highest BCUT2D eigenvalue weighted by atomic mass is 28.4. The molecule has 0 radical (unpaired) electrons. The van der Waals surface area contributed by atoms with E-state index in [1.54, 1.807) is 6.08 Å². The Morgan fingerprint density at radius 1 is 1.53 bits per heavy atom. The molecule has 0 amide bonds. The molecule has 0 aliphatic rings. The van der Waals surface area contributed by atoms with Crippen molar-refractivity contribution in [2.24, 2.45) is 0 Å². The first-order valence-corrected chi connectivity index (χ1v) is 8.04. The van der Waals surface area contributed by atoms with Crippen LogP contribution < -0.4 is 0 Å². The molecule has 88 valence electrons. The van der Waals surface area contributed by atoms with Gasteiger partial charge in [-0.2, -0.15) is 0 Å². The zero-order chi connectivity index (χ0) is 12.3. The number of carboxylic acids is 1. The van der Waals surface area contributed by atoms with Crippen molar-refractivity contribution >= 4 is 14.3 Å². The maximum atomic E-state index is 10.9. The molecule has 0 aromatic heterocycles. The first-order valence-electron chi connectivity index (χ1n) is 5.13. The van der Waals surface area contributed by atoms with Crippen LogP contribution in [0.25, 0.3) is 0 Å². The number of hydrogen-bond acceptors (Lipinski definition) is 2. The molecule has 0 aromatic rings. The SMILES string of the molecule is C=CC[C@@H](O[Si](C)(C)C(C)(C)C)C(=O)O. The Hall–Kier alpha value is -0.613. The first-order chi connectivity index (χ1) is 6.62. The van der Waals surface area contributed by atoms with Crippen molar-refractivity contribution < 1.29 is 14.3 Å². The van der Waals surface area contributed by atoms with E-state index in [9.17, 15) is 4.79 Å². The van der Waals surface area contributed by atoms with Gasteiger partial charge >= 0.3 is 5.97 Å². The van der Waals surface area contributed by atoms with Crippen molar-refractivity contribution in [3.05, 3.63) is 12.7 Å². The topological polar surface area (TPSA) is 46.5 Å². The van der Waals surface area contributed by atoms with E-state index in [2.05, 4.69) is 27.4 Å². The second-order valence-corrected chi connectivity index (χ2v) is 9.99. The lowest BCUT2D eigenvalue weighted by molar-refractivity contribution is -0.145. The molecular weight excluding hydrogens is 208 g/mol.